The number of rotatable bonds is 5. The van der Waals surface area contributed by atoms with Crippen molar-refractivity contribution in [3.63, 3.8) is 0 Å². The van der Waals surface area contributed by atoms with E-state index in [-0.39, 0.29) is 5.91 Å². The third-order valence-corrected chi connectivity index (χ3v) is 3.81. The van der Waals surface area contributed by atoms with E-state index in [0.717, 1.165) is 14.8 Å². The lowest BCUT2D eigenvalue weighted by atomic mass is 10.2. The summed E-state index contributed by atoms with van der Waals surface area (Å²) in [5.41, 5.74) is 4.56. The molecular weight excluding hydrogens is 409 g/mol. The number of carbonyl (C=O) groups is 1. The smallest absolute Gasteiger partial charge is 0.272 e. The average Bonchev–Trinajstić information content (AvgIpc) is 2.54. The quantitative estimate of drug-likeness (QED) is 0.455. The van der Waals surface area contributed by atoms with Crippen LogP contribution in [0.5, 0.6) is 11.5 Å². The van der Waals surface area contributed by atoms with E-state index < -0.39 is 0 Å². The largest absolute Gasteiger partial charge is 0.493 e. The van der Waals surface area contributed by atoms with Gasteiger partial charge in [-0.15, -0.1) is 0 Å². The van der Waals surface area contributed by atoms with Crippen LogP contribution in [-0.2, 0) is 0 Å². The van der Waals surface area contributed by atoms with E-state index in [1.807, 2.05) is 13.0 Å². The predicted molar refractivity (Wildman–Crippen MR) is 96.3 cm³/mol. The summed E-state index contributed by atoms with van der Waals surface area (Å²) in [5, 5.41) is 3.96. The summed E-state index contributed by atoms with van der Waals surface area (Å²) in [7, 11) is 3.16. The Bertz CT molecular complexity index is 730. The van der Waals surface area contributed by atoms with Crippen molar-refractivity contribution in [3.8, 4) is 11.5 Å². The van der Waals surface area contributed by atoms with E-state index in [2.05, 4.69) is 38.1 Å². The lowest BCUT2D eigenvalue weighted by Crippen LogP contribution is -2.17. The maximum atomic E-state index is 11.9. The summed E-state index contributed by atoms with van der Waals surface area (Å²) >= 11 is 2.15. The van der Waals surface area contributed by atoms with Gasteiger partial charge in [0, 0.05) is 11.9 Å². The van der Waals surface area contributed by atoms with Crippen LogP contribution in [-0.4, -0.2) is 31.3 Å². The minimum Gasteiger partial charge on any atom is -0.493 e. The third kappa shape index (κ3) is 4.41. The standard InChI is InChI=1S/C16H16IN3O3/c1-10-4-5-12(9-18-10)16(21)20-19-8-11-6-13(17)15(23-3)14(7-11)22-2/h4-9H,1-3H3,(H,20,21)/b19-8-. The normalized spacial score (nSPS) is 10.6. The molecule has 0 saturated carbocycles. The Kier molecular flexibility index (Phi) is 5.91. The Morgan fingerprint density at radius 2 is 2.09 bits per heavy atom. The number of aryl methyl sites for hydroxylation is 1. The molecular formula is C16H16IN3O3. The Balaban J connectivity index is 2.10. The van der Waals surface area contributed by atoms with Crippen molar-refractivity contribution in [1.82, 2.24) is 10.4 Å². The third-order valence-electron chi connectivity index (χ3n) is 3.01. The molecule has 2 rings (SSSR count). The highest BCUT2D eigenvalue weighted by molar-refractivity contribution is 14.1. The van der Waals surface area contributed by atoms with Gasteiger partial charge in [0.2, 0.25) is 0 Å². The summed E-state index contributed by atoms with van der Waals surface area (Å²) in [6.45, 7) is 1.86. The van der Waals surface area contributed by atoms with Crippen molar-refractivity contribution < 1.29 is 14.3 Å². The first-order valence-electron chi connectivity index (χ1n) is 6.72. The number of pyridine rings is 1. The average molecular weight is 425 g/mol. The Hall–Kier alpha value is -2.16. The van der Waals surface area contributed by atoms with E-state index in [1.165, 1.54) is 6.20 Å². The van der Waals surface area contributed by atoms with Crippen molar-refractivity contribution in [2.24, 2.45) is 5.10 Å². The number of hydrogen-bond acceptors (Lipinski definition) is 5. The van der Waals surface area contributed by atoms with Gasteiger partial charge in [-0.25, -0.2) is 5.43 Å². The molecule has 0 atom stereocenters. The van der Waals surface area contributed by atoms with E-state index in [9.17, 15) is 4.79 Å². The number of nitrogens with one attached hydrogen (secondary N) is 1. The summed E-state index contributed by atoms with van der Waals surface area (Å²) in [4.78, 5) is 16.0. The minimum absolute atomic E-state index is 0.316. The molecule has 0 bridgehead atoms. The van der Waals surface area contributed by atoms with Crippen LogP contribution in [0.4, 0.5) is 0 Å². The molecule has 1 amide bonds. The van der Waals surface area contributed by atoms with Crippen LogP contribution in [0.15, 0.2) is 35.6 Å². The molecule has 0 aliphatic rings. The number of nitrogens with zero attached hydrogens (tertiary/aromatic N) is 2. The van der Waals surface area contributed by atoms with Crippen LogP contribution in [0, 0.1) is 10.5 Å². The first kappa shape index (κ1) is 17.2. The van der Waals surface area contributed by atoms with Gasteiger partial charge in [0.05, 0.1) is 29.6 Å². The van der Waals surface area contributed by atoms with Crippen molar-refractivity contribution in [3.05, 3.63) is 50.9 Å². The van der Waals surface area contributed by atoms with Crippen LogP contribution >= 0.6 is 22.6 Å². The van der Waals surface area contributed by atoms with Crippen molar-refractivity contribution >= 4 is 34.7 Å². The maximum Gasteiger partial charge on any atom is 0.272 e. The fourth-order valence-electron chi connectivity index (χ4n) is 1.84. The van der Waals surface area contributed by atoms with Gasteiger partial charge >= 0.3 is 0 Å². The zero-order valence-corrected chi connectivity index (χ0v) is 15.1. The van der Waals surface area contributed by atoms with Gasteiger partial charge in [0.25, 0.3) is 5.91 Å². The number of hydrazone groups is 1. The minimum atomic E-state index is -0.316. The topological polar surface area (TPSA) is 72.8 Å². The molecule has 1 heterocycles. The summed E-state index contributed by atoms with van der Waals surface area (Å²) < 4.78 is 11.4. The molecule has 0 saturated heterocycles. The molecule has 0 spiro atoms. The second kappa shape index (κ2) is 7.91. The molecule has 7 heteroatoms. The van der Waals surface area contributed by atoms with Crippen LogP contribution in [0.3, 0.4) is 0 Å². The SMILES string of the molecule is COc1cc(/C=N\NC(=O)c2ccc(C)nc2)cc(I)c1OC. The fraction of sp³-hybridized carbons (Fsp3) is 0.188. The van der Waals surface area contributed by atoms with E-state index in [0.29, 0.717) is 17.1 Å². The van der Waals surface area contributed by atoms with Gasteiger partial charge < -0.3 is 9.47 Å². The first-order valence-corrected chi connectivity index (χ1v) is 7.80. The molecule has 120 valence electrons. The monoisotopic (exact) mass is 425 g/mol. The van der Waals surface area contributed by atoms with Gasteiger partial charge in [0.1, 0.15) is 0 Å². The summed E-state index contributed by atoms with van der Waals surface area (Å²) in [6, 6.07) is 7.14. The molecule has 0 aliphatic carbocycles. The fourth-order valence-corrected chi connectivity index (χ4v) is 2.69. The molecule has 1 aromatic carbocycles. The predicted octanol–water partition coefficient (Wildman–Crippen LogP) is 2.78. The highest BCUT2D eigenvalue weighted by Crippen LogP contribution is 2.32. The second-order valence-corrected chi connectivity index (χ2v) is 5.79. The lowest BCUT2D eigenvalue weighted by Gasteiger charge is -2.10. The number of benzene rings is 1. The van der Waals surface area contributed by atoms with Crippen LogP contribution in [0.1, 0.15) is 21.6 Å². The number of halogens is 1. The lowest BCUT2D eigenvalue weighted by molar-refractivity contribution is 0.0955. The molecule has 1 aromatic heterocycles. The van der Waals surface area contributed by atoms with Crippen LogP contribution in [0.25, 0.3) is 0 Å². The maximum absolute atomic E-state index is 11.9. The number of aromatic nitrogens is 1. The molecule has 1 N–H and O–H groups in total. The number of amides is 1. The van der Waals surface area contributed by atoms with E-state index in [4.69, 9.17) is 9.47 Å². The summed E-state index contributed by atoms with van der Waals surface area (Å²) in [5.74, 6) is 0.957. The van der Waals surface area contributed by atoms with Crippen molar-refractivity contribution in [2.75, 3.05) is 14.2 Å². The molecule has 0 unspecified atom stereocenters. The number of hydrogen-bond donors (Lipinski definition) is 1. The Morgan fingerprint density at radius 1 is 1.30 bits per heavy atom. The van der Waals surface area contributed by atoms with Crippen molar-refractivity contribution in [1.29, 1.82) is 0 Å². The van der Waals surface area contributed by atoms with Gasteiger partial charge in [-0.3, -0.25) is 9.78 Å². The molecule has 0 fully saturated rings. The van der Waals surface area contributed by atoms with Gasteiger partial charge in [0.15, 0.2) is 11.5 Å². The second-order valence-electron chi connectivity index (χ2n) is 4.63. The molecule has 2 aromatic rings. The van der Waals surface area contributed by atoms with Gasteiger partial charge in [-0.1, -0.05) is 0 Å². The highest BCUT2D eigenvalue weighted by Gasteiger charge is 2.09. The Morgan fingerprint density at radius 3 is 2.70 bits per heavy atom. The number of ether oxygens (including phenoxy) is 2. The van der Waals surface area contributed by atoms with Crippen LogP contribution < -0.4 is 14.9 Å². The van der Waals surface area contributed by atoms with E-state index >= 15 is 0 Å². The molecule has 6 nitrogen and oxygen atoms in total. The zero-order chi connectivity index (χ0) is 16.8. The molecule has 0 radical (unpaired) electrons. The molecule has 0 aliphatic heterocycles. The molecule has 23 heavy (non-hydrogen) atoms. The first-order chi connectivity index (χ1) is 11.0. The van der Waals surface area contributed by atoms with E-state index in [1.54, 1.807) is 38.6 Å². The highest BCUT2D eigenvalue weighted by atomic mass is 127. The Labute approximate surface area is 148 Å². The summed E-state index contributed by atoms with van der Waals surface area (Å²) in [6.07, 6.45) is 3.06. The van der Waals surface area contributed by atoms with Crippen LogP contribution in [0.2, 0.25) is 0 Å². The number of methoxy groups -OCH3 is 2. The number of carbonyl (C=O) groups excluding carboxylic acids is 1. The zero-order valence-electron chi connectivity index (χ0n) is 13.0. The van der Waals surface area contributed by atoms with Gasteiger partial charge in [-0.2, -0.15) is 5.10 Å². The van der Waals surface area contributed by atoms with Crippen molar-refractivity contribution in [2.45, 2.75) is 6.92 Å². The van der Waals surface area contributed by atoms with Gasteiger partial charge in [-0.05, 0) is 59.3 Å².